The summed E-state index contributed by atoms with van der Waals surface area (Å²) in [6.45, 7) is 4.34. The third-order valence-electron chi connectivity index (χ3n) is 5.99. The molecule has 3 aliphatic rings. The number of hydrogen-bond acceptors (Lipinski definition) is 2. The van der Waals surface area contributed by atoms with E-state index >= 15 is 0 Å². The molecule has 3 nitrogen and oxygen atoms in total. The molecule has 3 rings (SSSR count). The Labute approximate surface area is 129 Å². The molecule has 0 aromatic heterocycles. The fourth-order valence-corrected chi connectivity index (χ4v) is 4.89. The molecule has 21 heavy (non-hydrogen) atoms. The summed E-state index contributed by atoms with van der Waals surface area (Å²) in [5, 5.41) is 3.51. The van der Waals surface area contributed by atoms with Gasteiger partial charge in [-0.05, 0) is 44.6 Å². The minimum Gasteiger partial charge on any atom is -0.335 e. The number of hydrogen-bond donors (Lipinski definition) is 1. The van der Waals surface area contributed by atoms with Gasteiger partial charge in [0, 0.05) is 24.5 Å². The predicted molar refractivity (Wildman–Crippen MR) is 86.1 cm³/mol. The lowest BCUT2D eigenvalue weighted by molar-refractivity contribution is -0.139. The van der Waals surface area contributed by atoms with Crippen molar-refractivity contribution in [3.05, 3.63) is 0 Å². The first-order valence-corrected chi connectivity index (χ1v) is 9.32. The molecule has 0 aromatic carbocycles. The van der Waals surface area contributed by atoms with Crippen molar-refractivity contribution >= 4 is 5.91 Å². The molecule has 2 heterocycles. The van der Waals surface area contributed by atoms with Gasteiger partial charge < -0.3 is 10.2 Å². The van der Waals surface area contributed by atoms with Crippen molar-refractivity contribution in [1.29, 1.82) is 0 Å². The second-order valence-electron chi connectivity index (χ2n) is 7.50. The van der Waals surface area contributed by atoms with Crippen molar-refractivity contribution in [2.75, 3.05) is 13.1 Å². The van der Waals surface area contributed by atoms with Crippen LogP contribution in [-0.4, -0.2) is 36.0 Å². The van der Waals surface area contributed by atoms with E-state index in [2.05, 4.69) is 17.1 Å². The van der Waals surface area contributed by atoms with E-state index in [1.54, 1.807) is 0 Å². The lowest BCUT2D eigenvalue weighted by Crippen LogP contribution is -2.45. The standard InChI is InChI=1S/C18H32N2O/c1-2-5-15(12-14-6-3-4-7-14)18(21)20-16-8-9-17(20)13-19-11-10-16/h14-17,19H,2-13H2,1H3. The Morgan fingerprint density at radius 1 is 1.14 bits per heavy atom. The SMILES string of the molecule is CCCC(CC1CCCC1)C(=O)N1C2CCNCC1CC2. The van der Waals surface area contributed by atoms with Crippen molar-refractivity contribution < 1.29 is 4.79 Å². The van der Waals surface area contributed by atoms with E-state index in [0.29, 0.717) is 23.9 Å². The zero-order chi connectivity index (χ0) is 14.7. The lowest BCUT2D eigenvalue weighted by Gasteiger charge is -2.32. The van der Waals surface area contributed by atoms with Gasteiger partial charge in [0.1, 0.15) is 0 Å². The first kappa shape index (κ1) is 15.3. The number of carbonyl (C=O) groups excluding carboxylic acids is 1. The fourth-order valence-electron chi connectivity index (χ4n) is 4.89. The van der Waals surface area contributed by atoms with E-state index in [1.807, 2.05) is 0 Å². The van der Waals surface area contributed by atoms with Crippen LogP contribution in [0.3, 0.4) is 0 Å². The molecular weight excluding hydrogens is 260 g/mol. The molecule has 1 N–H and O–H groups in total. The van der Waals surface area contributed by atoms with Crippen molar-refractivity contribution in [2.45, 2.75) is 83.2 Å². The average Bonchev–Trinajstić information content (AvgIpc) is 3.04. The van der Waals surface area contributed by atoms with Gasteiger partial charge in [-0.1, -0.05) is 39.0 Å². The van der Waals surface area contributed by atoms with Gasteiger partial charge >= 0.3 is 0 Å². The van der Waals surface area contributed by atoms with E-state index < -0.39 is 0 Å². The van der Waals surface area contributed by atoms with Gasteiger partial charge in [-0.3, -0.25) is 4.79 Å². The van der Waals surface area contributed by atoms with Crippen molar-refractivity contribution in [2.24, 2.45) is 11.8 Å². The van der Waals surface area contributed by atoms with Gasteiger partial charge in [0.05, 0.1) is 0 Å². The zero-order valence-corrected chi connectivity index (χ0v) is 13.7. The highest BCUT2D eigenvalue weighted by Crippen LogP contribution is 2.35. The molecule has 1 aliphatic carbocycles. The maximum absolute atomic E-state index is 13.2. The molecule has 0 aromatic rings. The summed E-state index contributed by atoms with van der Waals surface area (Å²) in [5.74, 6) is 1.63. The molecule has 2 aliphatic heterocycles. The van der Waals surface area contributed by atoms with Crippen LogP contribution < -0.4 is 5.32 Å². The highest BCUT2D eigenvalue weighted by Gasteiger charge is 2.40. The number of carbonyl (C=O) groups is 1. The number of nitrogens with one attached hydrogen (secondary N) is 1. The highest BCUT2D eigenvalue weighted by atomic mass is 16.2. The second kappa shape index (κ2) is 7.13. The molecule has 3 unspecified atom stereocenters. The highest BCUT2D eigenvalue weighted by molar-refractivity contribution is 5.80. The van der Waals surface area contributed by atoms with Crippen LogP contribution in [0.1, 0.15) is 71.1 Å². The molecule has 3 heteroatoms. The fraction of sp³-hybridized carbons (Fsp3) is 0.944. The van der Waals surface area contributed by atoms with Gasteiger partial charge in [-0.25, -0.2) is 0 Å². The molecule has 0 spiro atoms. The molecule has 0 radical (unpaired) electrons. The topological polar surface area (TPSA) is 32.3 Å². The quantitative estimate of drug-likeness (QED) is 0.843. The number of rotatable bonds is 5. The minimum atomic E-state index is 0.305. The van der Waals surface area contributed by atoms with E-state index in [-0.39, 0.29) is 0 Å². The van der Waals surface area contributed by atoms with Gasteiger partial charge in [-0.2, -0.15) is 0 Å². The average molecular weight is 292 g/mol. The second-order valence-corrected chi connectivity index (χ2v) is 7.50. The van der Waals surface area contributed by atoms with Gasteiger partial charge in [0.2, 0.25) is 5.91 Å². The molecule has 3 atom stereocenters. The third-order valence-corrected chi connectivity index (χ3v) is 5.99. The Kier molecular flexibility index (Phi) is 5.20. The molecular formula is C18H32N2O. The largest absolute Gasteiger partial charge is 0.335 e. The smallest absolute Gasteiger partial charge is 0.226 e. The van der Waals surface area contributed by atoms with Crippen LogP contribution in [0.4, 0.5) is 0 Å². The minimum absolute atomic E-state index is 0.305. The Hall–Kier alpha value is -0.570. The van der Waals surface area contributed by atoms with Gasteiger partial charge in [0.15, 0.2) is 0 Å². The van der Waals surface area contributed by atoms with Crippen molar-refractivity contribution in [3.8, 4) is 0 Å². The molecule has 1 saturated carbocycles. The van der Waals surface area contributed by atoms with Crippen LogP contribution in [0.15, 0.2) is 0 Å². The number of amides is 1. The molecule has 2 bridgehead atoms. The van der Waals surface area contributed by atoms with Crippen LogP contribution in [0.5, 0.6) is 0 Å². The van der Waals surface area contributed by atoms with Crippen LogP contribution in [0.2, 0.25) is 0 Å². The molecule has 3 fully saturated rings. The normalized spacial score (nSPS) is 31.4. The zero-order valence-electron chi connectivity index (χ0n) is 13.7. The molecule has 1 amide bonds. The van der Waals surface area contributed by atoms with Crippen molar-refractivity contribution in [1.82, 2.24) is 10.2 Å². The summed E-state index contributed by atoms with van der Waals surface area (Å²) >= 11 is 0. The van der Waals surface area contributed by atoms with Crippen LogP contribution >= 0.6 is 0 Å². The first-order valence-electron chi connectivity index (χ1n) is 9.32. The van der Waals surface area contributed by atoms with Crippen LogP contribution in [0, 0.1) is 11.8 Å². The maximum atomic E-state index is 13.2. The lowest BCUT2D eigenvalue weighted by atomic mass is 9.88. The Morgan fingerprint density at radius 3 is 2.67 bits per heavy atom. The Balaban J connectivity index is 1.67. The van der Waals surface area contributed by atoms with E-state index in [4.69, 9.17) is 0 Å². The van der Waals surface area contributed by atoms with E-state index in [0.717, 1.165) is 44.7 Å². The summed E-state index contributed by atoms with van der Waals surface area (Å²) in [5.41, 5.74) is 0. The summed E-state index contributed by atoms with van der Waals surface area (Å²) in [4.78, 5) is 15.5. The van der Waals surface area contributed by atoms with Gasteiger partial charge in [0.25, 0.3) is 0 Å². The van der Waals surface area contributed by atoms with Crippen LogP contribution in [-0.2, 0) is 4.79 Å². The van der Waals surface area contributed by atoms with E-state index in [1.165, 1.54) is 38.5 Å². The number of fused-ring (bicyclic) bond motifs is 2. The summed E-state index contributed by atoms with van der Waals surface area (Å²) in [7, 11) is 0. The summed E-state index contributed by atoms with van der Waals surface area (Å²) in [6.07, 6.45) is 12.5. The van der Waals surface area contributed by atoms with E-state index in [9.17, 15) is 4.79 Å². The first-order chi connectivity index (χ1) is 10.3. The third kappa shape index (κ3) is 3.44. The Bertz CT molecular complexity index is 337. The predicted octanol–water partition coefficient (Wildman–Crippen LogP) is 3.34. The summed E-state index contributed by atoms with van der Waals surface area (Å²) < 4.78 is 0. The molecule has 120 valence electrons. The molecule has 2 saturated heterocycles. The Morgan fingerprint density at radius 2 is 1.90 bits per heavy atom. The van der Waals surface area contributed by atoms with Crippen LogP contribution in [0.25, 0.3) is 0 Å². The van der Waals surface area contributed by atoms with Crippen molar-refractivity contribution in [3.63, 3.8) is 0 Å². The van der Waals surface area contributed by atoms with Gasteiger partial charge in [-0.15, -0.1) is 0 Å². The summed E-state index contributed by atoms with van der Waals surface area (Å²) in [6, 6.07) is 1.01. The number of nitrogens with zero attached hydrogens (tertiary/aromatic N) is 1. The monoisotopic (exact) mass is 292 g/mol. The maximum Gasteiger partial charge on any atom is 0.226 e.